The second-order valence-corrected chi connectivity index (χ2v) is 5.45. The third-order valence-corrected chi connectivity index (χ3v) is 3.58. The van der Waals surface area contributed by atoms with Crippen molar-refractivity contribution in [1.82, 2.24) is 10.5 Å². The second kappa shape index (κ2) is 8.18. The summed E-state index contributed by atoms with van der Waals surface area (Å²) in [6.45, 7) is 1.73. The molecular weight excluding hydrogens is 328 g/mol. The summed E-state index contributed by atoms with van der Waals surface area (Å²) in [7, 11) is 3.07. The van der Waals surface area contributed by atoms with Crippen LogP contribution < -0.4 is 14.8 Å². The van der Waals surface area contributed by atoms with Crippen LogP contribution in [0.3, 0.4) is 0 Å². The Morgan fingerprint density at radius 1 is 1.28 bits per heavy atom. The summed E-state index contributed by atoms with van der Waals surface area (Å²) < 4.78 is 15.7. The molecule has 0 saturated carbocycles. The van der Waals surface area contributed by atoms with Crippen molar-refractivity contribution in [3.05, 3.63) is 30.0 Å². The van der Waals surface area contributed by atoms with Crippen molar-refractivity contribution in [2.75, 3.05) is 14.2 Å². The van der Waals surface area contributed by atoms with Gasteiger partial charge in [-0.3, -0.25) is 9.59 Å². The zero-order chi connectivity index (χ0) is 18.4. The van der Waals surface area contributed by atoms with Gasteiger partial charge in [-0.2, -0.15) is 0 Å². The Balaban J connectivity index is 2.14. The van der Waals surface area contributed by atoms with Crippen LogP contribution in [0.2, 0.25) is 0 Å². The molecule has 134 valence electrons. The summed E-state index contributed by atoms with van der Waals surface area (Å²) in [5.74, 6) is 0.183. The monoisotopic (exact) mass is 348 g/mol. The van der Waals surface area contributed by atoms with E-state index in [0.717, 1.165) is 0 Å². The maximum atomic E-state index is 12.2. The second-order valence-electron chi connectivity index (χ2n) is 5.45. The van der Waals surface area contributed by atoms with Crippen molar-refractivity contribution in [2.45, 2.75) is 25.8 Å². The van der Waals surface area contributed by atoms with E-state index in [2.05, 4.69) is 10.5 Å². The zero-order valence-corrected chi connectivity index (χ0v) is 14.2. The van der Waals surface area contributed by atoms with Crippen LogP contribution >= 0.6 is 0 Å². The van der Waals surface area contributed by atoms with E-state index >= 15 is 0 Å². The van der Waals surface area contributed by atoms with E-state index in [1.807, 2.05) is 0 Å². The largest absolute Gasteiger partial charge is 0.497 e. The molecule has 25 heavy (non-hydrogen) atoms. The number of hydrogen-bond acceptors (Lipinski definition) is 6. The van der Waals surface area contributed by atoms with E-state index < -0.39 is 11.9 Å². The number of nitrogens with one attached hydrogen (secondary N) is 1. The Hall–Kier alpha value is -3.03. The number of carboxylic acids is 1. The van der Waals surface area contributed by atoms with Gasteiger partial charge in [0.2, 0.25) is 0 Å². The lowest BCUT2D eigenvalue weighted by atomic mass is 10.1. The predicted molar refractivity (Wildman–Crippen MR) is 88.8 cm³/mol. The zero-order valence-electron chi connectivity index (χ0n) is 14.2. The number of aliphatic carboxylic acids is 1. The molecule has 1 aromatic heterocycles. The lowest BCUT2D eigenvalue weighted by Gasteiger charge is -2.10. The van der Waals surface area contributed by atoms with Crippen molar-refractivity contribution < 1.29 is 28.7 Å². The first-order valence-corrected chi connectivity index (χ1v) is 7.66. The molecule has 1 heterocycles. The number of carbonyl (C=O) groups excluding carboxylic acids is 1. The molecule has 2 N–H and O–H groups in total. The van der Waals surface area contributed by atoms with Crippen molar-refractivity contribution in [3.8, 4) is 22.8 Å². The first kappa shape index (κ1) is 18.3. The van der Waals surface area contributed by atoms with Gasteiger partial charge in [0.25, 0.3) is 5.91 Å². The highest BCUT2D eigenvalue weighted by molar-refractivity contribution is 5.93. The molecule has 1 atom stereocenters. The maximum absolute atomic E-state index is 12.2. The van der Waals surface area contributed by atoms with Crippen molar-refractivity contribution in [1.29, 1.82) is 0 Å². The molecule has 0 spiro atoms. The van der Waals surface area contributed by atoms with Gasteiger partial charge in [-0.15, -0.1) is 0 Å². The van der Waals surface area contributed by atoms with Gasteiger partial charge in [0.15, 0.2) is 11.5 Å². The van der Waals surface area contributed by atoms with Crippen LogP contribution in [0.1, 0.15) is 30.3 Å². The number of benzene rings is 1. The normalized spacial score (nSPS) is 11.6. The predicted octanol–water partition coefficient (Wildman–Crippen LogP) is 2.34. The van der Waals surface area contributed by atoms with Gasteiger partial charge < -0.3 is 24.4 Å². The Kier molecular flexibility index (Phi) is 5.99. The van der Waals surface area contributed by atoms with E-state index in [9.17, 15) is 9.59 Å². The van der Waals surface area contributed by atoms with E-state index in [4.69, 9.17) is 19.1 Å². The summed E-state index contributed by atoms with van der Waals surface area (Å²) in [5, 5.41) is 15.1. The topological polar surface area (TPSA) is 111 Å². The van der Waals surface area contributed by atoms with Gasteiger partial charge in [-0.05, 0) is 31.5 Å². The number of carbonyl (C=O) groups is 2. The van der Waals surface area contributed by atoms with Crippen LogP contribution in [0.25, 0.3) is 11.3 Å². The van der Waals surface area contributed by atoms with Crippen molar-refractivity contribution in [2.24, 2.45) is 0 Å². The van der Waals surface area contributed by atoms with Crippen LogP contribution in [-0.4, -0.2) is 42.4 Å². The van der Waals surface area contributed by atoms with E-state index in [0.29, 0.717) is 29.2 Å². The molecular formula is C17H20N2O6. The number of hydrogen-bond donors (Lipinski definition) is 2. The van der Waals surface area contributed by atoms with Crippen LogP contribution in [-0.2, 0) is 4.79 Å². The number of aromatic nitrogens is 1. The molecule has 0 aliphatic heterocycles. The van der Waals surface area contributed by atoms with Gasteiger partial charge in [0, 0.05) is 18.5 Å². The first-order valence-electron chi connectivity index (χ1n) is 7.66. The van der Waals surface area contributed by atoms with Crippen LogP contribution in [0.15, 0.2) is 28.8 Å². The number of methoxy groups -OCH3 is 2. The number of nitrogens with zero attached hydrogens (tertiary/aromatic N) is 1. The summed E-state index contributed by atoms with van der Waals surface area (Å²) in [6, 6.07) is 6.39. The van der Waals surface area contributed by atoms with Gasteiger partial charge in [-0.25, -0.2) is 0 Å². The minimum atomic E-state index is -0.907. The third kappa shape index (κ3) is 4.72. The van der Waals surface area contributed by atoms with Crippen molar-refractivity contribution >= 4 is 11.9 Å². The number of ether oxygens (including phenoxy) is 2. The minimum absolute atomic E-state index is 0.0213. The summed E-state index contributed by atoms with van der Waals surface area (Å²) in [4.78, 5) is 22.8. The van der Waals surface area contributed by atoms with E-state index in [1.165, 1.54) is 13.2 Å². The van der Waals surface area contributed by atoms with Gasteiger partial charge in [0.05, 0.1) is 19.8 Å². The smallest absolute Gasteiger partial charge is 0.303 e. The van der Waals surface area contributed by atoms with E-state index in [-0.39, 0.29) is 18.2 Å². The van der Waals surface area contributed by atoms with Gasteiger partial charge in [0.1, 0.15) is 11.5 Å². The van der Waals surface area contributed by atoms with Crippen LogP contribution in [0, 0.1) is 0 Å². The van der Waals surface area contributed by atoms with E-state index in [1.54, 1.807) is 32.2 Å². The highest BCUT2D eigenvalue weighted by atomic mass is 16.5. The van der Waals surface area contributed by atoms with Gasteiger partial charge >= 0.3 is 5.97 Å². The highest BCUT2D eigenvalue weighted by Crippen LogP contribution is 2.33. The molecule has 8 heteroatoms. The molecule has 0 unspecified atom stereocenters. The van der Waals surface area contributed by atoms with Gasteiger partial charge in [-0.1, -0.05) is 5.16 Å². The minimum Gasteiger partial charge on any atom is -0.497 e. The molecule has 2 rings (SSSR count). The average Bonchev–Trinajstić information content (AvgIpc) is 3.09. The third-order valence-electron chi connectivity index (χ3n) is 3.58. The molecule has 8 nitrogen and oxygen atoms in total. The molecule has 0 saturated heterocycles. The number of carboxylic acid groups (broad SMARTS) is 1. The molecule has 0 fully saturated rings. The molecule has 1 aromatic carbocycles. The first-order chi connectivity index (χ1) is 11.9. The molecule has 0 aliphatic carbocycles. The fourth-order valence-electron chi connectivity index (χ4n) is 2.23. The molecule has 0 bridgehead atoms. The fourth-order valence-corrected chi connectivity index (χ4v) is 2.23. The lowest BCUT2D eigenvalue weighted by Crippen LogP contribution is -2.33. The quantitative estimate of drug-likeness (QED) is 0.753. The Labute approximate surface area is 144 Å². The molecule has 2 aromatic rings. The summed E-state index contributed by atoms with van der Waals surface area (Å²) in [6.07, 6.45) is 0.308. The fraction of sp³-hybridized carbons (Fsp3) is 0.353. The molecule has 1 amide bonds. The SMILES string of the molecule is COc1ccc(OC)c(-c2cc(C(=O)N[C@H](C)CCC(=O)O)no2)c1. The standard InChI is InChI=1S/C17H20N2O6/c1-10(4-7-16(20)21)18-17(22)13-9-15(25-19-13)12-8-11(23-2)5-6-14(12)24-3/h5-6,8-10H,4,7H2,1-3H3,(H,18,22)(H,20,21)/t10-/m1/s1. The average molecular weight is 348 g/mol. The Bertz CT molecular complexity index is 755. The Morgan fingerprint density at radius 2 is 2.04 bits per heavy atom. The molecule has 0 aliphatic rings. The summed E-state index contributed by atoms with van der Waals surface area (Å²) in [5.41, 5.74) is 0.703. The number of rotatable bonds is 8. The van der Waals surface area contributed by atoms with Crippen molar-refractivity contribution in [3.63, 3.8) is 0 Å². The maximum Gasteiger partial charge on any atom is 0.303 e. The summed E-state index contributed by atoms with van der Waals surface area (Å²) >= 11 is 0. The van der Waals surface area contributed by atoms with Crippen LogP contribution in [0.5, 0.6) is 11.5 Å². The Morgan fingerprint density at radius 3 is 2.68 bits per heavy atom. The highest BCUT2D eigenvalue weighted by Gasteiger charge is 2.18. The van der Waals surface area contributed by atoms with Crippen LogP contribution in [0.4, 0.5) is 0 Å². The lowest BCUT2D eigenvalue weighted by molar-refractivity contribution is -0.137. The number of amides is 1. The molecule has 0 radical (unpaired) electrons.